The fourth-order valence-corrected chi connectivity index (χ4v) is 5.31. The third-order valence-corrected chi connectivity index (χ3v) is 7.34. The van der Waals surface area contributed by atoms with Gasteiger partial charge >= 0.3 is 0 Å². The van der Waals surface area contributed by atoms with Crippen molar-refractivity contribution in [2.45, 2.75) is 24.9 Å². The fraction of sp³-hybridized carbons (Fsp3) is 0.276. The van der Waals surface area contributed by atoms with Gasteiger partial charge < -0.3 is 15.0 Å². The Morgan fingerprint density at radius 2 is 1.70 bits per heavy atom. The van der Waals surface area contributed by atoms with Crippen molar-refractivity contribution < 1.29 is 9.53 Å². The van der Waals surface area contributed by atoms with Gasteiger partial charge in [0.25, 0.3) is 5.56 Å². The number of para-hydroxylation sites is 2. The lowest BCUT2D eigenvalue weighted by molar-refractivity contribution is -0.113. The molecule has 0 aliphatic carbocycles. The predicted molar refractivity (Wildman–Crippen MR) is 150 cm³/mol. The lowest BCUT2D eigenvalue weighted by Gasteiger charge is -2.28. The number of amides is 1. The lowest BCUT2D eigenvalue weighted by Crippen LogP contribution is -2.36. The molecule has 3 aromatic carbocycles. The molecule has 0 saturated carbocycles. The Bertz CT molecular complexity index is 1460. The first-order valence-corrected chi connectivity index (χ1v) is 13.5. The molecule has 2 heterocycles. The third-order valence-electron chi connectivity index (χ3n) is 6.40. The summed E-state index contributed by atoms with van der Waals surface area (Å²) in [5.41, 5.74) is 4.17. The Morgan fingerprint density at radius 3 is 2.46 bits per heavy atom. The van der Waals surface area contributed by atoms with Crippen molar-refractivity contribution in [2.24, 2.45) is 0 Å². The summed E-state index contributed by atoms with van der Waals surface area (Å²) in [4.78, 5) is 33.5. The highest BCUT2D eigenvalue weighted by atomic mass is 32.2. The van der Waals surface area contributed by atoms with Crippen molar-refractivity contribution in [3.05, 3.63) is 88.7 Å². The maximum Gasteiger partial charge on any atom is 0.266 e. The summed E-state index contributed by atoms with van der Waals surface area (Å²) in [6.07, 6.45) is 0. The number of hydrogen-bond donors (Lipinski definition) is 1. The van der Waals surface area contributed by atoms with Gasteiger partial charge in [-0.3, -0.25) is 14.2 Å². The van der Waals surface area contributed by atoms with Crippen LogP contribution < -0.4 is 15.8 Å². The highest BCUT2D eigenvalue weighted by Gasteiger charge is 2.18. The molecule has 0 bridgehead atoms. The van der Waals surface area contributed by atoms with Crippen LogP contribution in [0.2, 0.25) is 0 Å². The van der Waals surface area contributed by atoms with E-state index in [2.05, 4.69) is 24.1 Å². The topological polar surface area (TPSA) is 76.5 Å². The van der Waals surface area contributed by atoms with Gasteiger partial charge in [-0.15, -0.1) is 0 Å². The molecule has 37 heavy (non-hydrogen) atoms. The first kappa shape index (κ1) is 25.0. The molecule has 1 aliphatic rings. The van der Waals surface area contributed by atoms with E-state index >= 15 is 0 Å². The standard InChI is InChI=1S/C29H30N4O3S/c1-20(2)23-7-4-6-10-26(23)33-28(35)24-8-3-5-9-25(24)31-29(33)37-19-27(34)30-21-11-13-22(14-12-21)32-15-17-36-18-16-32/h3-14,20H,15-19H2,1-2H3,(H,30,34). The summed E-state index contributed by atoms with van der Waals surface area (Å²) in [7, 11) is 0. The Kier molecular flexibility index (Phi) is 7.58. The number of rotatable bonds is 7. The summed E-state index contributed by atoms with van der Waals surface area (Å²) in [5.74, 6) is 0.186. The monoisotopic (exact) mass is 514 g/mol. The van der Waals surface area contributed by atoms with Gasteiger partial charge in [-0.1, -0.05) is 55.9 Å². The van der Waals surface area contributed by atoms with Crippen LogP contribution in [-0.4, -0.2) is 47.5 Å². The van der Waals surface area contributed by atoms with Crippen LogP contribution in [0.1, 0.15) is 25.3 Å². The minimum atomic E-state index is -0.157. The molecule has 8 heteroatoms. The Hall–Kier alpha value is -3.62. The number of aromatic nitrogens is 2. The number of hydrogen-bond acceptors (Lipinski definition) is 6. The van der Waals surface area contributed by atoms with E-state index < -0.39 is 0 Å². The summed E-state index contributed by atoms with van der Waals surface area (Å²) < 4.78 is 7.06. The summed E-state index contributed by atoms with van der Waals surface area (Å²) in [6, 6.07) is 23.0. The van der Waals surface area contributed by atoms with Crippen molar-refractivity contribution in [1.82, 2.24) is 9.55 Å². The molecular weight excluding hydrogens is 484 g/mol. The number of carbonyl (C=O) groups excluding carboxylic acids is 1. The molecule has 1 amide bonds. The molecule has 5 rings (SSSR count). The van der Waals surface area contributed by atoms with Crippen molar-refractivity contribution in [3.8, 4) is 5.69 Å². The molecule has 1 N–H and O–H groups in total. The SMILES string of the molecule is CC(C)c1ccccc1-n1c(SCC(=O)Nc2ccc(N3CCOCC3)cc2)nc2ccccc2c1=O. The molecule has 4 aromatic rings. The highest BCUT2D eigenvalue weighted by Crippen LogP contribution is 2.27. The molecule has 7 nitrogen and oxygen atoms in total. The van der Waals surface area contributed by atoms with Crippen LogP contribution in [0.15, 0.2) is 82.7 Å². The number of benzene rings is 3. The van der Waals surface area contributed by atoms with Gasteiger partial charge in [0.05, 0.1) is 35.6 Å². The molecule has 0 atom stereocenters. The molecule has 190 valence electrons. The quantitative estimate of drug-likeness (QED) is 0.274. The minimum absolute atomic E-state index is 0.125. The highest BCUT2D eigenvalue weighted by molar-refractivity contribution is 7.99. The van der Waals surface area contributed by atoms with E-state index in [4.69, 9.17) is 9.72 Å². The van der Waals surface area contributed by atoms with Crippen LogP contribution in [0.3, 0.4) is 0 Å². The van der Waals surface area contributed by atoms with Gasteiger partial charge in [0.15, 0.2) is 5.16 Å². The largest absolute Gasteiger partial charge is 0.378 e. The number of carbonyl (C=O) groups is 1. The summed E-state index contributed by atoms with van der Waals surface area (Å²) in [6.45, 7) is 7.38. The normalized spacial score (nSPS) is 13.8. The van der Waals surface area contributed by atoms with Gasteiger partial charge in [-0.2, -0.15) is 0 Å². The number of anilines is 2. The zero-order valence-electron chi connectivity index (χ0n) is 21.0. The number of nitrogens with zero attached hydrogens (tertiary/aromatic N) is 3. The van der Waals surface area contributed by atoms with Gasteiger partial charge in [0.2, 0.25) is 5.91 Å². The van der Waals surface area contributed by atoms with Crippen molar-refractivity contribution in [1.29, 1.82) is 0 Å². The Labute approximate surface area is 220 Å². The molecule has 1 fully saturated rings. The van der Waals surface area contributed by atoms with E-state index in [1.54, 1.807) is 10.6 Å². The average molecular weight is 515 g/mol. The van der Waals surface area contributed by atoms with E-state index in [0.717, 1.165) is 48.9 Å². The van der Waals surface area contributed by atoms with Crippen molar-refractivity contribution in [3.63, 3.8) is 0 Å². The zero-order chi connectivity index (χ0) is 25.8. The number of morpholine rings is 1. The van der Waals surface area contributed by atoms with Gasteiger partial charge in [0, 0.05) is 24.5 Å². The van der Waals surface area contributed by atoms with Crippen LogP contribution >= 0.6 is 11.8 Å². The van der Waals surface area contributed by atoms with E-state index in [9.17, 15) is 9.59 Å². The smallest absolute Gasteiger partial charge is 0.266 e. The summed E-state index contributed by atoms with van der Waals surface area (Å²) >= 11 is 1.26. The second kappa shape index (κ2) is 11.2. The van der Waals surface area contributed by atoms with E-state index in [1.807, 2.05) is 66.7 Å². The number of nitrogens with one attached hydrogen (secondary N) is 1. The molecule has 1 aliphatic heterocycles. The molecule has 0 spiro atoms. The van der Waals surface area contributed by atoms with Crippen LogP contribution in [0.25, 0.3) is 16.6 Å². The van der Waals surface area contributed by atoms with Crippen LogP contribution in [0.5, 0.6) is 0 Å². The molecular formula is C29H30N4O3S. The molecule has 0 radical (unpaired) electrons. The number of ether oxygens (including phenoxy) is 1. The Balaban J connectivity index is 1.38. The van der Waals surface area contributed by atoms with E-state index in [0.29, 0.717) is 16.1 Å². The first-order valence-electron chi connectivity index (χ1n) is 12.5. The maximum absolute atomic E-state index is 13.6. The third kappa shape index (κ3) is 5.55. The second-order valence-corrected chi connectivity index (χ2v) is 10.2. The summed E-state index contributed by atoms with van der Waals surface area (Å²) in [5, 5.41) is 4.01. The number of thioether (sulfide) groups is 1. The zero-order valence-corrected chi connectivity index (χ0v) is 21.8. The number of fused-ring (bicyclic) bond motifs is 1. The maximum atomic E-state index is 13.6. The van der Waals surface area contributed by atoms with Gasteiger partial charge in [-0.05, 0) is 53.9 Å². The molecule has 1 aromatic heterocycles. The molecule has 0 unspecified atom stereocenters. The van der Waals surface area contributed by atoms with E-state index in [-0.39, 0.29) is 23.1 Å². The van der Waals surface area contributed by atoms with Crippen molar-refractivity contribution in [2.75, 3.05) is 42.3 Å². The molecule has 1 saturated heterocycles. The lowest BCUT2D eigenvalue weighted by atomic mass is 10.0. The second-order valence-electron chi connectivity index (χ2n) is 9.25. The minimum Gasteiger partial charge on any atom is -0.378 e. The fourth-order valence-electron chi connectivity index (χ4n) is 4.51. The predicted octanol–water partition coefficient (Wildman–Crippen LogP) is 5.08. The Morgan fingerprint density at radius 1 is 1.00 bits per heavy atom. The van der Waals surface area contributed by atoms with Crippen molar-refractivity contribution >= 4 is 39.9 Å². The van der Waals surface area contributed by atoms with E-state index in [1.165, 1.54) is 11.8 Å². The first-order chi connectivity index (χ1) is 18.0. The van der Waals surface area contributed by atoms with Crippen LogP contribution in [0, 0.1) is 0 Å². The van der Waals surface area contributed by atoms with Gasteiger partial charge in [0.1, 0.15) is 0 Å². The van der Waals surface area contributed by atoms with Gasteiger partial charge in [-0.25, -0.2) is 4.98 Å². The van der Waals surface area contributed by atoms with Crippen LogP contribution in [0.4, 0.5) is 11.4 Å². The van der Waals surface area contributed by atoms with Crippen LogP contribution in [-0.2, 0) is 9.53 Å². The average Bonchev–Trinajstić information content (AvgIpc) is 2.93.